The number of rotatable bonds is 8. The lowest BCUT2D eigenvalue weighted by Crippen LogP contribution is -2.33. The van der Waals surface area contributed by atoms with Crippen molar-refractivity contribution in [3.63, 3.8) is 0 Å². The third-order valence-electron chi connectivity index (χ3n) is 4.48. The van der Waals surface area contributed by atoms with E-state index in [1.54, 1.807) is 24.3 Å². The average molecular weight is 555 g/mol. The van der Waals surface area contributed by atoms with Crippen LogP contribution in [-0.4, -0.2) is 55.2 Å². The van der Waals surface area contributed by atoms with Gasteiger partial charge in [-0.3, -0.25) is 19.3 Å². The van der Waals surface area contributed by atoms with Crippen LogP contribution in [0.1, 0.15) is 15.9 Å². The van der Waals surface area contributed by atoms with Gasteiger partial charge < -0.3 is 14.2 Å². The van der Waals surface area contributed by atoms with E-state index in [4.69, 9.17) is 21.1 Å². The lowest BCUT2D eigenvalue weighted by atomic mass is 10.1. The molecule has 0 aliphatic carbocycles. The van der Waals surface area contributed by atoms with Gasteiger partial charge in [-0.1, -0.05) is 27.5 Å². The van der Waals surface area contributed by atoms with Crippen LogP contribution < -0.4 is 9.47 Å². The lowest BCUT2D eigenvalue weighted by molar-refractivity contribution is -0.142. The summed E-state index contributed by atoms with van der Waals surface area (Å²) >= 11 is 9.95. The summed E-state index contributed by atoms with van der Waals surface area (Å²) in [5, 5.41) is -0.0712. The largest absolute Gasteiger partial charge is 0.493 e. The van der Waals surface area contributed by atoms with Crippen molar-refractivity contribution < 1.29 is 33.4 Å². The van der Waals surface area contributed by atoms with Crippen molar-refractivity contribution in [1.82, 2.24) is 4.90 Å². The summed E-state index contributed by atoms with van der Waals surface area (Å²) in [6, 6.07) is 9.35. The Balaban J connectivity index is 1.79. The third kappa shape index (κ3) is 5.95. The van der Waals surface area contributed by atoms with Crippen LogP contribution in [0.2, 0.25) is 5.02 Å². The minimum Gasteiger partial charge on any atom is -0.493 e. The summed E-state index contributed by atoms with van der Waals surface area (Å²) in [4.78, 5) is 50.1. The SMILES string of the molecule is COC(=O)COc1cc(Br)c(/C=C2/SC(=O)N(CC(=O)c3ccc(Cl)cc3)C2=O)cc1OC. The number of hydrogen-bond donors (Lipinski definition) is 0. The van der Waals surface area contributed by atoms with Crippen molar-refractivity contribution in [2.24, 2.45) is 0 Å². The second kappa shape index (κ2) is 10.9. The van der Waals surface area contributed by atoms with Crippen molar-refractivity contribution in [3.8, 4) is 11.5 Å². The maximum atomic E-state index is 12.8. The summed E-state index contributed by atoms with van der Waals surface area (Å²) in [6.45, 7) is -0.687. The highest BCUT2D eigenvalue weighted by Gasteiger charge is 2.36. The number of thioether (sulfide) groups is 1. The summed E-state index contributed by atoms with van der Waals surface area (Å²) < 4.78 is 15.8. The van der Waals surface area contributed by atoms with Gasteiger partial charge in [-0.2, -0.15) is 0 Å². The predicted octanol–water partition coefficient (Wildman–Crippen LogP) is 4.58. The number of ether oxygens (including phenoxy) is 3. The molecule has 0 N–H and O–H groups in total. The number of halogens is 2. The van der Waals surface area contributed by atoms with Gasteiger partial charge in [0.15, 0.2) is 23.9 Å². The Morgan fingerprint density at radius 1 is 1.12 bits per heavy atom. The zero-order valence-corrected chi connectivity index (χ0v) is 20.6. The highest BCUT2D eigenvalue weighted by molar-refractivity contribution is 9.10. The second-order valence-electron chi connectivity index (χ2n) is 6.59. The van der Waals surface area contributed by atoms with Crippen molar-refractivity contribution >= 4 is 68.3 Å². The van der Waals surface area contributed by atoms with E-state index in [1.165, 1.54) is 32.4 Å². The van der Waals surface area contributed by atoms with Crippen molar-refractivity contribution in [3.05, 3.63) is 61.9 Å². The number of imide groups is 1. The monoisotopic (exact) mass is 553 g/mol. The number of amides is 2. The Hall–Kier alpha value is -2.82. The van der Waals surface area contributed by atoms with Crippen LogP contribution in [0.3, 0.4) is 0 Å². The Morgan fingerprint density at radius 3 is 2.45 bits per heavy atom. The number of carbonyl (C=O) groups excluding carboxylic acids is 4. The first-order valence-electron chi connectivity index (χ1n) is 9.34. The van der Waals surface area contributed by atoms with E-state index in [0.29, 0.717) is 26.4 Å². The van der Waals surface area contributed by atoms with Gasteiger partial charge in [-0.15, -0.1) is 0 Å². The van der Waals surface area contributed by atoms with Crippen LogP contribution >= 0.6 is 39.3 Å². The maximum Gasteiger partial charge on any atom is 0.343 e. The zero-order chi connectivity index (χ0) is 24.1. The maximum absolute atomic E-state index is 12.8. The molecule has 1 aliphatic rings. The molecular weight excluding hydrogens is 538 g/mol. The van der Waals surface area contributed by atoms with Gasteiger partial charge in [0.05, 0.1) is 25.7 Å². The van der Waals surface area contributed by atoms with E-state index in [-0.39, 0.29) is 29.6 Å². The van der Waals surface area contributed by atoms with Gasteiger partial charge >= 0.3 is 5.97 Å². The molecule has 0 radical (unpaired) electrons. The molecule has 1 aliphatic heterocycles. The Bertz CT molecular complexity index is 1150. The van der Waals surface area contributed by atoms with Crippen LogP contribution in [-0.2, 0) is 14.3 Å². The molecule has 1 heterocycles. The molecule has 2 amide bonds. The molecule has 8 nitrogen and oxygen atoms in total. The molecule has 11 heteroatoms. The van der Waals surface area contributed by atoms with E-state index in [2.05, 4.69) is 20.7 Å². The Kier molecular flexibility index (Phi) is 8.17. The number of benzene rings is 2. The van der Waals surface area contributed by atoms with E-state index in [9.17, 15) is 19.2 Å². The highest BCUT2D eigenvalue weighted by atomic mass is 79.9. The topological polar surface area (TPSA) is 99.2 Å². The molecule has 3 rings (SSSR count). The van der Waals surface area contributed by atoms with Crippen LogP contribution in [0, 0.1) is 0 Å². The van der Waals surface area contributed by atoms with Gasteiger partial charge in [0.2, 0.25) is 0 Å². The molecule has 2 aromatic carbocycles. The second-order valence-corrected chi connectivity index (χ2v) is 8.87. The summed E-state index contributed by atoms with van der Waals surface area (Å²) in [5.41, 5.74) is 0.879. The molecule has 33 heavy (non-hydrogen) atoms. The molecule has 172 valence electrons. The molecular formula is C22H17BrClNO7S. The summed E-state index contributed by atoms with van der Waals surface area (Å²) in [6.07, 6.45) is 1.51. The molecule has 0 spiro atoms. The molecule has 1 fully saturated rings. The fraction of sp³-hybridized carbons (Fsp3) is 0.182. The fourth-order valence-electron chi connectivity index (χ4n) is 2.78. The number of Topliss-reactive ketones (excluding diaryl/α,β-unsaturated/α-hetero) is 1. The number of methoxy groups -OCH3 is 2. The predicted molar refractivity (Wildman–Crippen MR) is 127 cm³/mol. The molecule has 0 aromatic heterocycles. The number of nitrogens with zero attached hydrogens (tertiary/aromatic N) is 1. The number of carbonyl (C=O) groups is 4. The molecule has 2 aromatic rings. The molecule has 1 saturated heterocycles. The van der Waals surface area contributed by atoms with E-state index >= 15 is 0 Å². The summed E-state index contributed by atoms with van der Waals surface area (Å²) in [7, 11) is 2.67. The van der Waals surface area contributed by atoms with Crippen molar-refractivity contribution in [2.45, 2.75) is 0 Å². The van der Waals surface area contributed by atoms with Gasteiger partial charge in [0.25, 0.3) is 11.1 Å². The van der Waals surface area contributed by atoms with Crippen LogP contribution in [0.25, 0.3) is 6.08 Å². The van der Waals surface area contributed by atoms with Crippen molar-refractivity contribution in [2.75, 3.05) is 27.4 Å². The van der Waals surface area contributed by atoms with Crippen LogP contribution in [0.4, 0.5) is 4.79 Å². The first-order valence-corrected chi connectivity index (χ1v) is 11.3. The van der Waals surface area contributed by atoms with Gasteiger partial charge in [-0.25, -0.2) is 4.79 Å². The minimum absolute atomic E-state index is 0.148. The quantitative estimate of drug-likeness (QED) is 0.266. The van der Waals surface area contributed by atoms with Gasteiger partial charge in [-0.05, 0) is 59.8 Å². The van der Waals surface area contributed by atoms with Crippen molar-refractivity contribution in [1.29, 1.82) is 0 Å². The first kappa shape index (κ1) is 24.8. The summed E-state index contributed by atoms with van der Waals surface area (Å²) in [5.74, 6) is -0.924. The molecule has 0 saturated carbocycles. The normalized spacial score (nSPS) is 14.5. The van der Waals surface area contributed by atoms with E-state index in [1.807, 2.05) is 0 Å². The number of esters is 1. The van der Waals surface area contributed by atoms with Crippen LogP contribution in [0.15, 0.2) is 45.8 Å². The fourth-order valence-corrected chi connectivity index (χ4v) is 4.17. The smallest absolute Gasteiger partial charge is 0.343 e. The Labute approximate surface area is 206 Å². The standard InChI is InChI=1S/C22H17BrClNO7S/c1-30-17-7-13(15(23)9-18(17)32-11-20(27)31-2)8-19-21(28)25(22(29)33-19)10-16(26)12-3-5-14(24)6-4-12/h3-9H,10-11H2,1-2H3/b19-8+. The Morgan fingerprint density at radius 2 is 1.82 bits per heavy atom. The molecule has 0 unspecified atom stereocenters. The number of ketones is 1. The average Bonchev–Trinajstić information content (AvgIpc) is 3.06. The lowest BCUT2D eigenvalue weighted by Gasteiger charge is -2.12. The van der Waals surface area contributed by atoms with Gasteiger partial charge in [0.1, 0.15) is 0 Å². The van der Waals surface area contributed by atoms with Gasteiger partial charge in [0, 0.05) is 15.1 Å². The van der Waals surface area contributed by atoms with E-state index < -0.39 is 17.1 Å². The van der Waals surface area contributed by atoms with Crippen LogP contribution in [0.5, 0.6) is 11.5 Å². The highest BCUT2D eigenvalue weighted by Crippen LogP contribution is 2.38. The first-order chi connectivity index (χ1) is 15.7. The molecule has 0 atom stereocenters. The molecule has 0 bridgehead atoms. The minimum atomic E-state index is -0.579. The third-order valence-corrected chi connectivity index (χ3v) is 6.33. The number of hydrogen-bond acceptors (Lipinski definition) is 8. The zero-order valence-electron chi connectivity index (χ0n) is 17.4. The van der Waals surface area contributed by atoms with E-state index in [0.717, 1.165) is 16.7 Å².